The smallest absolute Gasteiger partial charge is 0.405 e. The van der Waals surface area contributed by atoms with Crippen molar-refractivity contribution in [3.63, 3.8) is 0 Å². The van der Waals surface area contributed by atoms with Crippen LogP contribution in [0.1, 0.15) is 27.7 Å². The molecule has 1 fully saturated rings. The SMILES string of the molecule is C[C@H]1CN(c2ccncc2N=C=S)C[C@@H](NC(=O)O)[C@@H]1O[Si](C)(C)C(C)(C)C. The molecule has 1 aliphatic rings. The van der Waals surface area contributed by atoms with Crippen molar-refractivity contribution in [1.29, 1.82) is 0 Å². The number of isothiocyanates is 1. The molecule has 1 aliphatic heterocycles. The van der Waals surface area contributed by atoms with Crippen LogP contribution in [0.25, 0.3) is 0 Å². The number of aliphatic imine (C=N–C) groups is 1. The summed E-state index contributed by atoms with van der Waals surface area (Å²) < 4.78 is 6.65. The second-order valence-corrected chi connectivity index (χ2v) is 13.8. The molecule has 1 aromatic heterocycles. The summed E-state index contributed by atoms with van der Waals surface area (Å²) >= 11 is 4.74. The Labute approximate surface area is 173 Å². The number of amides is 1. The Balaban J connectivity index is 2.33. The molecule has 3 atom stereocenters. The van der Waals surface area contributed by atoms with E-state index in [2.05, 4.69) is 66.1 Å². The quantitative estimate of drug-likeness (QED) is 0.418. The highest BCUT2D eigenvalue weighted by Gasteiger charge is 2.45. The van der Waals surface area contributed by atoms with Crippen molar-refractivity contribution in [2.24, 2.45) is 10.9 Å². The highest BCUT2D eigenvalue weighted by Crippen LogP contribution is 2.40. The molecular formula is C19H30N4O3SSi. The van der Waals surface area contributed by atoms with Crippen molar-refractivity contribution < 1.29 is 14.3 Å². The van der Waals surface area contributed by atoms with Crippen molar-refractivity contribution >= 4 is 43.2 Å². The summed E-state index contributed by atoms with van der Waals surface area (Å²) in [7, 11) is -2.06. The first-order valence-electron chi connectivity index (χ1n) is 9.40. The minimum Gasteiger partial charge on any atom is -0.465 e. The van der Waals surface area contributed by atoms with E-state index in [1.807, 2.05) is 6.07 Å². The second kappa shape index (κ2) is 8.69. The number of rotatable bonds is 5. The Hall–Kier alpha value is -1.80. The lowest BCUT2D eigenvalue weighted by Gasteiger charge is -2.48. The highest BCUT2D eigenvalue weighted by molar-refractivity contribution is 7.78. The fourth-order valence-corrected chi connectivity index (χ4v) is 4.77. The lowest BCUT2D eigenvalue weighted by molar-refractivity contribution is 0.0722. The van der Waals surface area contributed by atoms with Gasteiger partial charge in [0.25, 0.3) is 0 Å². The fraction of sp³-hybridized carbons (Fsp3) is 0.632. The normalized spacial score (nSPS) is 23.1. The van der Waals surface area contributed by atoms with Gasteiger partial charge < -0.3 is 19.7 Å². The molecule has 0 aromatic carbocycles. The van der Waals surface area contributed by atoms with Crippen LogP contribution in [0.2, 0.25) is 18.1 Å². The minimum absolute atomic E-state index is 0.0455. The molecule has 0 saturated carbocycles. The standard InChI is InChI=1S/C19H30N4O3SSi/c1-13-10-23(16-7-8-20-9-14(16)21-12-27)11-15(22-18(24)25)17(13)26-28(5,6)19(2,3)4/h7-9,13,15,17,22H,10-11H2,1-6H3,(H,24,25)/t13-,15+,17+/m0/s1. The number of carboxylic acid groups (broad SMARTS) is 1. The first-order chi connectivity index (χ1) is 13.0. The van der Waals surface area contributed by atoms with Crippen LogP contribution in [0.5, 0.6) is 0 Å². The Bertz CT molecular complexity index is 762. The van der Waals surface area contributed by atoms with Crippen molar-refractivity contribution in [2.45, 2.75) is 58.0 Å². The van der Waals surface area contributed by atoms with Gasteiger partial charge in [-0.05, 0) is 36.4 Å². The number of nitrogens with zero attached hydrogens (tertiary/aromatic N) is 3. The Kier molecular flexibility index (Phi) is 6.98. The second-order valence-electron chi connectivity index (χ2n) is 8.85. The molecule has 1 aromatic rings. The van der Waals surface area contributed by atoms with Crippen LogP contribution in [-0.4, -0.2) is 54.9 Å². The van der Waals surface area contributed by atoms with E-state index in [1.165, 1.54) is 0 Å². The number of thiocarbonyl (C=S) groups is 1. The zero-order valence-corrected chi connectivity index (χ0v) is 19.2. The maximum atomic E-state index is 11.5. The van der Waals surface area contributed by atoms with E-state index in [4.69, 9.17) is 16.6 Å². The van der Waals surface area contributed by atoms with E-state index in [0.29, 0.717) is 12.2 Å². The van der Waals surface area contributed by atoms with E-state index >= 15 is 0 Å². The van der Waals surface area contributed by atoms with Gasteiger partial charge in [0.1, 0.15) is 5.69 Å². The Morgan fingerprint density at radius 1 is 1.46 bits per heavy atom. The van der Waals surface area contributed by atoms with Gasteiger partial charge in [-0.3, -0.25) is 4.98 Å². The summed E-state index contributed by atoms with van der Waals surface area (Å²) in [6.07, 6.45) is 2.10. The number of nitrogens with one attached hydrogen (secondary N) is 1. The fourth-order valence-electron chi connectivity index (χ4n) is 3.24. The van der Waals surface area contributed by atoms with Crippen LogP contribution in [0, 0.1) is 5.92 Å². The molecule has 0 unspecified atom stereocenters. The molecule has 154 valence electrons. The minimum atomic E-state index is -2.06. The van der Waals surface area contributed by atoms with Gasteiger partial charge in [0, 0.05) is 25.2 Å². The monoisotopic (exact) mass is 422 g/mol. The van der Waals surface area contributed by atoms with Crippen molar-refractivity contribution in [3.05, 3.63) is 18.5 Å². The third-order valence-electron chi connectivity index (χ3n) is 5.71. The van der Waals surface area contributed by atoms with Crippen LogP contribution in [0.3, 0.4) is 0 Å². The number of aromatic nitrogens is 1. The van der Waals surface area contributed by atoms with E-state index in [1.54, 1.807) is 12.4 Å². The summed E-state index contributed by atoms with van der Waals surface area (Å²) in [5.41, 5.74) is 1.49. The highest BCUT2D eigenvalue weighted by atomic mass is 32.1. The van der Waals surface area contributed by atoms with Crippen LogP contribution in [-0.2, 0) is 4.43 Å². The van der Waals surface area contributed by atoms with Gasteiger partial charge in [0.2, 0.25) is 0 Å². The topological polar surface area (TPSA) is 87.1 Å². The Morgan fingerprint density at radius 3 is 2.71 bits per heavy atom. The van der Waals surface area contributed by atoms with E-state index in [-0.39, 0.29) is 23.1 Å². The molecule has 0 bridgehead atoms. The molecule has 2 heterocycles. The Morgan fingerprint density at radius 2 is 2.14 bits per heavy atom. The molecule has 0 spiro atoms. The number of pyridine rings is 1. The number of piperidine rings is 1. The number of hydrogen-bond acceptors (Lipinski definition) is 6. The molecule has 1 saturated heterocycles. The summed E-state index contributed by atoms with van der Waals surface area (Å²) in [4.78, 5) is 21.8. The van der Waals surface area contributed by atoms with Gasteiger partial charge in [-0.15, -0.1) is 0 Å². The molecular weight excluding hydrogens is 392 g/mol. The van der Waals surface area contributed by atoms with Crippen molar-refractivity contribution in [3.8, 4) is 0 Å². The lowest BCUT2D eigenvalue weighted by Crippen LogP contribution is -2.62. The zero-order valence-electron chi connectivity index (χ0n) is 17.4. The van der Waals surface area contributed by atoms with Gasteiger partial charge in [0.05, 0.1) is 29.2 Å². The van der Waals surface area contributed by atoms with Crippen molar-refractivity contribution in [1.82, 2.24) is 10.3 Å². The molecule has 0 radical (unpaired) electrons. The molecule has 2 rings (SSSR count). The van der Waals surface area contributed by atoms with Gasteiger partial charge in [-0.1, -0.05) is 27.7 Å². The molecule has 7 nitrogen and oxygen atoms in total. The first-order valence-corrected chi connectivity index (χ1v) is 12.7. The summed E-state index contributed by atoms with van der Waals surface area (Å²) in [6.45, 7) is 14.3. The van der Waals surface area contributed by atoms with E-state index in [9.17, 15) is 9.90 Å². The van der Waals surface area contributed by atoms with Crippen LogP contribution in [0.15, 0.2) is 23.5 Å². The van der Waals surface area contributed by atoms with Gasteiger partial charge in [-0.25, -0.2) is 4.79 Å². The van der Waals surface area contributed by atoms with Crippen LogP contribution >= 0.6 is 12.2 Å². The number of anilines is 1. The summed E-state index contributed by atoms with van der Waals surface area (Å²) in [5.74, 6) is 0.122. The van der Waals surface area contributed by atoms with E-state index in [0.717, 1.165) is 12.2 Å². The average molecular weight is 423 g/mol. The lowest BCUT2D eigenvalue weighted by atomic mass is 9.92. The predicted molar refractivity (Wildman–Crippen MR) is 117 cm³/mol. The summed E-state index contributed by atoms with van der Waals surface area (Å²) in [5, 5.41) is 14.5. The number of carbonyl (C=O) groups is 1. The third kappa shape index (κ3) is 5.17. The molecule has 9 heteroatoms. The number of hydrogen-bond donors (Lipinski definition) is 2. The van der Waals surface area contributed by atoms with Gasteiger partial charge in [0.15, 0.2) is 8.32 Å². The van der Waals surface area contributed by atoms with E-state index < -0.39 is 14.4 Å². The van der Waals surface area contributed by atoms with Gasteiger partial charge >= 0.3 is 6.09 Å². The maximum absolute atomic E-state index is 11.5. The molecule has 2 N–H and O–H groups in total. The molecule has 1 amide bonds. The van der Waals surface area contributed by atoms with Crippen molar-refractivity contribution in [2.75, 3.05) is 18.0 Å². The predicted octanol–water partition coefficient (Wildman–Crippen LogP) is 4.30. The largest absolute Gasteiger partial charge is 0.465 e. The van der Waals surface area contributed by atoms with Crippen LogP contribution in [0.4, 0.5) is 16.2 Å². The third-order valence-corrected chi connectivity index (χ3v) is 10.3. The molecule has 28 heavy (non-hydrogen) atoms. The van der Waals surface area contributed by atoms with Crippen LogP contribution < -0.4 is 10.2 Å². The average Bonchev–Trinajstić information content (AvgIpc) is 2.57. The first kappa shape index (κ1) is 22.5. The molecule has 0 aliphatic carbocycles. The maximum Gasteiger partial charge on any atom is 0.405 e. The summed E-state index contributed by atoms with van der Waals surface area (Å²) in [6, 6.07) is 1.51. The zero-order chi connectivity index (χ0) is 21.1. The van der Waals surface area contributed by atoms with Gasteiger partial charge in [-0.2, -0.15) is 4.99 Å².